The summed E-state index contributed by atoms with van der Waals surface area (Å²) < 4.78 is 26.1. The Hall–Kier alpha value is -2.61. The summed E-state index contributed by atoms with van der Waals surface area (Å²) in [6.07, 6.45) is 2.87. The second-order valence-corrected chi connectivity index (χ2v) is 7.30. The third-order valence-corrected chi connectivity index (χ3v) is 4.75. The molecule has 0 saturated carbocycles. The van der Waals surface area contributed by atoms with Gasteiger partial charge in [0.1, 0.15) is 0 Å². The van der Waals surface area contributed by atoms with Crippen LogP contribution in [0.15, 0.2) is 48.7 Å². The maximum Gasteiger partial charge on any atom is 0.319 e. The highest BCUT2D eigenvalue weighted by molar-refractivity contribution is 7.92. The molecule has 0 aliphatic rings. The minimum absolute atomic E-state index is 0.0542. The molecule has 2 amide bonds. The Morgan fingerprint density at radius 1 is 1.12 bits per heavy atom. The van der Waals surface area contributed by atoms with Crippen LogP contribution in [0.1, 0.15) is 19.0 Å². The zero-order valence-electron chi connectivity index (χ0n) is 14.0. The van der Waals surface area contributed by atoms with Crippen molar-refractivity contribution in [1.29, 1.82) is 0 Å². The van der Waals surface area contributed by atoms with E-state index in [4.69, 9.17) is 0 Å². The first-order chi connectivity index (χ1) is 12.0. The Morgan fingerprint density at radius 3 is 2.64 bits per heavy atom. The summed E-state index contributed by atoms with van der Waals surface area (Å²) in [5.41, 5.74) is 1.82. The minimum Gasteiger partial charge on any atom is -0.337 e. The Kier molecular flexibility index (Phi) is 6.76. The third kappa shape index (κ3) is 6.80. The zero-order valence-corrected chi connectivity index (χ0v) is 14.8. The number of sulfonamides is 1. The fourth-order valence-electron chi connectivity index (χ4n) is 2.19. The van der Waals surface area contributed by atoms with E-state index in [9.17, 15) is 13.2 Å². The largest absolute Gasteiger partial charge is 0.337 e. The van der Waals surface area contributed by atoms with Crippen molar-refractivity contribution in [2.45, 2.75) is 19.8 Å². The van der Waals surface area contributed by atoms with Crippen molar-refractivity contribution < 1.29 is 13.2 Å². The average Bonchev–Trinajstić information content (AvgIpc) is 2.55. The molecule has 8 heteroatoms. The van der Waals surface area contributed by atoms with E-state index in [0.717, 1.165) is 5.69 Å². The maximum absolute atomic E-state index is 11.9. The second-order valence-electron chi connectivity index (χ2n) is 5.45. The van der Waals surface area contributed by atoms with E-state index in [1.54, 1.807) is 37.4 Å². The van der Waals surface area contributed by atoms with Crippen LogP contribution in [0.4, 0.5) is 16.2 Å². The lowest BCUT2D eigenvalue weighted by Crippen LogP contribution is -2.30. The molecule has 0 fully saturated rings. The van der Waals surface area contributed by atoms with Gasteiger partial charge in [-0.3, -0.25) is 9.71 Å². The molecule has 0 bridgehead atoms. The molecule has 7 nitrogen and oxygen atoms in total. The van der Waals surface area contributed by atoms with Crippen molar-refractivity contribution in [3.63, 3.8) is 0 Å². The van der Waals surface area contributed by atoms with Gasteiger partial charge in [0.2, 0.25) is 10.0 Å². The fraction of sp³-hybridized carbons (Fsp3) is 0.294. The molecule has 0 atom stereocenters. The van der Waals surface area contributed by atoms with E-state index in [-0.39, 0.29) is 11.8 Å². The Bertz CT molecular complexity index is 795. The lowest BCUT2D eigenvalue weighted by molar-refractivity contribution is 0.252. The van der Waals surface area contributed by atoms with Crippen molar-refractivity contribution in [2.24, 2.45) is 0 Å². The first-order valence-corrected chi connectivity index (χ1v) is 9.69. The Labute approximate surface area is 147 Å². The molecule has 0 spiro atoms. The van der Waals surface area contributed by atoms with Crippen molar-refractivity contribution in [3.8, 4) is 0 Å². The highest BCUT2D eigenvalue weighted by Gasteiger charge is 2.09. The smallest absolute Gasteiger partial charge is 0.319 e. The van der Waals surface area contributed by atoms with E-state index < -0.39 is 10.0 Å². The van der Waals surface area contributed by atoms with Crippen LogP contribution in [-0.2, 0) is 16.4 Å². The van der Waals surface area contributed by atoms with Crippen molar-refractivity contribution in [3.05, 3.63) is 54.4 Å². The first-order valence-electron chi connectivity index (χ1n) is 8.04. The summed E-state index contributed by atoms with van der Waals surface area (Å²) in [6.45, 7) is 2.25. The summed E-state index contributed by atoms with van der Waals surface area (Å²) >= 11 is 0. The lowest BCUT2D eigenvalue weighted by Gasteiger charge is -2.10. The van der Waals surface area contributed by atoms with E-state index in [1.807, 2.05) is 18.2 Å². The number of nitrogens with zero attached hydrogens (tertiary/aromatic N) is 1. The van der Waals surface area contributed by atoms with Crippen LogP contribution in [0.5, 0.6) is 0 Å². The number of rotatable bonds is 8. The van der Waals surface area contributed by atoms with Gasteiger partial charge in [0.05, 0.1) is 11.4 Å². The van der Waals surface area contributed by atoms with Crippen LogP contribution in [0, 0.1) is 0 Å². The van der Waals surface area contributed by atoms with E-state index in [0.29, 0.717) is 30.8 Å². The molecular formula is C17H22N4O3S. The number of carbonyl (C=O) groups is 1. The van der Waals surface area contributed by atoms with E-state index in [2.05, 4.69) is 20.3 Å². The van der Waals surface area contributed by atoms with Gasteiger partial charge in [0.15, 0.2) is 0 Å². The number of anilines is 2. The molecule has 0 unspecified atom stereocenters. The van der Waals surface area contributed by atoms with Gasteiger partial charge in [-0.15, -0.1) is 0 Å². The summed E-state index contributed by atoms with van der Waals surface area (Å²) in [5, 5.41) is 5.42. The fourth-order valence-corrected chi connectivity index (χ4v) is 3.31. The Morgan fingerprint density at radius 2 is 1.92 bits per heavy atom. The van der Waals surface area contributed by atoms with Gasteiger partial charge in [0.25, 0.3) is 0 Å². The number of amides is 2. The van der Waals surface area contributed by atoms with Gasteiger partial charge < -0.3 is 10.6 Å². The predicted octanol–water partition coefficient (Wildman–Crippen LogP) is 2.60. The number of nitrogens with one attached hydrogen (secondary N) is 3. The van der Waals surface area contributed by atoms with Gasteiger partial charge in [-0.1, -0.05) is 19.1 Å². The van der Waals surface area contributed by atoms with Crippen molar-refractivity contribution >= 4 is 27.4 Å². The molecule has 0 aliphatic heterocycles. The van der Waals surface area contributed by atoms with Crippen LogP contribution < -0.4 is 15.4 Å². The van der Waals surface area contributed by atoms with Crippen molar-refractivity contribution in [1.82, 2.24) is 10.3 Å². The SMILES string of the molecule is CCCS(=O)(=O)Nc1cccc(NC(=O)NCCc2ccccn2)c1. The highest BCUT2D eigenvalue weighted by atomic mass is 32.2. The number of aromatic nitrogens is 1. The normalized spacial score (nSPS) is 10.9. The van der Waals surface area contributed by atoms with Crippen LogP contribution >= 0.6 is 0 Å². The average molecular weight is 362 g/mol. The number of hydrogen-bond donors (Lipinski definition) is 3. The molecule has 1 aromatic carbocycles. The van der Waals surface area contributed by atoms with Crippen LogP contribution in [0.3, 0.4) is 0 Å². The number of carbonyl (C=O) groups excluding carboxylic acids is 1. The molecule has 0 radical (unpaired) electrons. The van der Waals surface area contributed by atoms with Crippen LogP contribution in [0.25, 0.3) is 0 Å². The standard InChI is InChI=1S/C17H22N4O3S/c1-2-12-25(23,24)21-16-8-5-7-15(13-16)20-17(22)19-11-9-14-6-3-4-10-18-14/h3-8,10,13,21H,2,9,11-12H2,1H3,(H2,19,20,22). The topological polar surface area (TPSA) is 100 Å². The highest BCUT2D eigenvalue weighted by Crippen LogP contribution is 2.16. The molecule has 0 saturated heterocycles. The number of hydrogen-bond acceptors (Lipinski definition) is 4. The van der Waals surface area contributed by atoms with Gasteiger partial charge >= 0.3 is 6.03 Å². The molecular weight excluding hydrogens is 340 g/mol. The number of pyridine rings is 1. The van der Waals surface area contributed by atoms with Gasteiger partial charge in [-0.25, -0.2) is 13.2 Å². The summed E-state index contributed by atoms with van der Waals surface area (Å²) in [7, 11) is -3.36. The van der Waals surface area contributed by atoms with Gasteiger partial charge in [-0.2, -0.15) is 0 Å². The third-order valence-electron chi connectivity index (χ3n) is 3.26. The second kappa shape index (κ2) is 9.03. The monoisotopic (exact) mass is 362 g/mol. The van der Waals surface area contributed by atoms with Gasteiger partial charge in [0, 0.05) is 30.5 Å². The minimum atomic E-state index is -3.36. The zero-order chi connectivity index (χ0) is 18.1. The van der Waals surface area contributed by atoms with Crippen LogP contribution in [0.2, 0.25) is 0 Å². The number of benzene rings is 1. The van der Waals surface area contributed by atoms with E-state index >= 15 is 0 Å². The quantitative estimate of drug-likeness (QED) is 0.672. The predicted molar refractivity (Wildman–Crippen MR) is 99.1 cm³/mol. The molecule has 2 rings (SSSR count). The molecule has 1 aromatic heterocycles. The Balaban J connectivity index is 1.85. The van der Waals surface area contributed by atoms with Crippen molar-refractivity contribution in [2.75, 3.05) is 22.3 Å². The van der Waals surface area contributed by atoms with E-state index in [1.165, 1.54) is 0 Å². The summed E-state index contributed by atoms with van der Waals surface area (Å²) in [5.74, 6) is 0.0542. The molecule has 0 aliphatic carbocycles. The lowest BCUT2D eigenvalue weighted by atomic mass is 10.3. The molecule has 2 aromatic rings. The van der Waals surface area contributed by atoms with Gasteiger partial charge in [-0.05, 0) is 36.8 Å². The summed E-state index contributed by atoms with van der Waals surface area (Å²) in [4.78, 5) is 16.1. The number of urea groups is 1. The molecule has 1 heterocycles. The maximum atomic E-state index is 11.9. The molecule has 25 heavy (non-hydrogen) atoms. The van der Waals surface area contributed by atoms with Crippen LogP contribution in [-0.4, -0.2) is 31.7 Å². The molecule has 134 valence electrons. The summed E-state index contributed by atoms with van der Waals surface area (Å²) in [6, 6.07) is 11.8. The first kappa shape index (κ1) is 18.7. The molecule has 3 N–H and O–H groups in total.